The van der Waals surface area contributed by atoms with Gasteiger partial charge in [-0.05, 0) is 43.4 Å². The number of carbonyl (C=O) groups is 2. The number of aliphatic imine (C=N–C) groups is 1. The number of aromatic hydroxyl groups is 1. The summed E-state index contributed by atoms with van der Waals surface area (Å²) in [5, 5.41) is 11.7. The molecular weight excluding hydrogens is 494 g/mol. The lowest BCUT2D eigenvalue weighted by atomic mass is 10.00. The number of ether oxygens (including phenoxy) is 1. The summed E-state index contributed by atoms with van der Waals surface area (Å²) in [4.78, 5) is 38.6. The molecule has 9 heteroatoms. The maximum Gasteiger partial charge on any atom is 0.337 e. The number of fused-ring (bicyclic) bond motifs is 1. The topological polar surface area (TPSA) is 101 Å². The fraction of sp³-hybridized carbons (Fsp3) is 0.233. The van der Waals surface area contributed by atoms with Crippen LogP contribution in [-0.4, -0.2) is 85.0 Å². The van der Waals surface area contributed by atoms with Gasteiger partial charge in [0.15, 0.2) is 5.88 Å². The van der Waals surface area contributed by atoms with Crippen molar-refractivity contribution in [1.29, 1.82) is 0 Å². The lowest BCUT2D eigenvalue weighted by Gasteiger charge is -2.35. The average molecular weight is 526 g/mol. The minimum Gasteiger partial charge on any atom is -0.494 e. The van der Waals surface area contributed by atoms with E-state index in [0.717, 1.165) is 29.7 Å². The summed E-state index contributed by atoms with van der Waals surface area (Å²) in [6.07, 6.45) is 0. The number of benzene rings is 3. The Morgan fingerprint density at radius 2 is 1.64 bits per heavy atom. The third-order valence-corrected chi connectivity index (χ3v) is 7.02. The standard InChI is InChI=1S/C30H31N5O4/c1-33-15-17-35(18-16-33)30(38)34(2)23-12-10-22(11-13-23)31-27(20-7-5-4-6-8-20)26-24-14-9-21(29(37)39-3)19-25(24)32-28(26)36/h4-14,19,32,36H,15-18H2,1-3H3. The van der Waals surface area contributed by atoms with E-state index in [1.54, 1.807) is 30.1 Å². The normalized spacial score (nSPS) is 14.4. The molecule has 0 unspecified atom stereocenters. The predicted molar refractivity (Wildman–Crippen MR) is 152 cm³/mol. The van der Waals surface area contributed by atoms with Crippen LogP contribution in [0.5, 0.6) is 5.88 Å². The molecule has 0 atom stereocenters. The van der Waals surface area contributed by atoms with E-state index in [1.165, 1.54) is 7.11 Å². The highest BCUT2D eigenvalue weighted by molar-refractivity contribution is 6.22. The van der Waals surface area contributed by atoms with Gasteiger partial charge in [0.1, 0.15) is 0 Å². The molecule has 1 saturated heterocycles. The molecule has 0 saturated carbocycles. The van der Waals surface area contributed by atoms with Gasteiger partial charge in [0.05, 0.1) is 29.6 Å². The largest absolute Gasteiger partial charge is 0.494 e. The van der Waals surface area contributed by atoms with Crippen LogP contribution >= 0.6 is 0 Å². The second kappa shape index (κ2) is 11.0. The van der Waals surface area contributed by atoms with Crippen LogP contribution in [0.4, 0.5) is 16.2 Å². The molecule has 0 spiro atoms. The first-order valence-corrected chi connectivity index (χ1v) is 12.7. The van der Waals surface area contributed by atoms with Crippen molar-refractivity contribution in [2.45, 2.75) is 0 Å². The Hall–Kier alpha value is -4.63. The van der Waals surface area contributed by atoms with Crippen LogP contribution in [0.1, 0.15) is 21.5 Å². The van der Waals surface area contributed by atoms with Crippen LogP contribution in [0.25, 0.3) is 10.9 Å². The summed E-state index contributed by atoms with van der Waals surface area (Å²) in [6, 6.07) is 22.1. The Morgan fingerprint density at radius 1 is 0.949 bits per heavy atom. The van der Waals surface area contributed by atoms with Gasteiger partial charge in [0.25, 0.3) is 0 Å². The number of aromatic nitrogens is 1. The zero-order valence-corrected chi connectivity index (χ0v) is 22.2. The van der Waals surface area contributed by atoms with Crippen molar-refractivity contribution in [3.8, 4) is 5.88 Å². The van der Waals surface area contributed by atoms with E-state index in [4.69, 9.17) is 9.73 Å². The molecule has 3 aromatic carbocycles. The Labute approximate surface area is 226 Å². The number of hydrogen-bond donors (Lipinski definition) is 2. The predicted octanol–water partition coefficient (Wildman–Crippen LogP) is 4.63. The fourth-order valence-corrected chi connectivity index (χ4v) is 4.73. The van der Waals surface area contributed by atoms with E-state index in [2.05, 4.69) is 16.9 Å². The number of esters is 1. The summed E-state index contributed by atoms with van der Waals surface area (Å²) in [5.41, 5.74) is 4.31. The number of nitrogens with one attached hydrogen (secondary N) is 1. The van der Waals surface area contributed by atoms with Gasteiger partial charge < -0.3 is 24.6 Å². The van der Waals surface area contributed by atoms with Crippen molar-refractivity contribution in [2.75, 3.05) is 52.3 Å². The smallest absolute Gasteiger partial charge is 0.337 e. The average Bonchev–Trinajstić information content (AvgIpc) is 3.30. The lowest BCUT2D eigenvalue weighted by Crippen LogP contribution is -2.51. The number of hydrogen-bond acceptors (Lipinski definition) is 6. The number of piperazine rings is 1. The van der Waals surface area contributed by atoms with Crippen molar-refractivity contribution in [3.05, 3.63) is 89.5 Å². The van der Waals surface area contributed by atoms with E-state index in [9.17, 15) is 14.7 Å². The van der Waals surface area contributed by atoms with Gasteiger partial charge in [-0.1, -0.05) is 36.4 Å². The van der Waals surface area contributed by atoms with Gasteiger partial charge >= 0.3 is 12.0 Å². The number of rotatable bonds is 5. The molecule has 4 aromatic rings. The molecular formula is C30H31N5O4. The van der Waals surface area contributed by atoms with Gasteiger partial charge in [-0.2, -0.15) is 0 Å². The molecule has 9 nitrogen and oxygen atoms in total. The molecule has 1 aliphatic heterocycles. The molecule has 5 rings (SSSR count). The number of H-pyrrole nitrogens is 1. The zero-order valence-electron chi connectivity index (χ0n) is 22.2. The van der Waals surface area contributed by atoms with Crippen molar-refractivity contribution >= 4 is 40.0 Å². The number of anilines is 1. The summed E-state index contributed by atoms with van der Waals surface area (Å²) in [6.45, 7) is 3.13. The fourth-order valence-electron chi connectivity index (χ4n) is 4.73. The molecule has 1 fully saturated rings. The van der Waals surface area contributed by atoms with E-state index >= 15 is 0 Å². The number of aromatic amines is 1. The summed E-state index contributed by atoms with van der Waals surface area (Å²) in [7, 11) is 5.17. The first kappa shape index (κ1) is 26.0. The third-order valence-electron chi connectivity index (χ3n) is 7.02. The SMILES string of the molecule is COC(=O)c1ccc2c(C(=Nc3ccc(N(C)C(=O)N4CCN(C)CC4)cc3)c3ccccc3)c(O)[nH]c2c1. The van der Waals surface area contributed by atoms with E-state index in [-0.39, 0.29) is 11.9 Å². The van der Waals surface area contributed by atoms with E-state index < -0.39 is 5.97 Å². The second-order valence-corrected chi connectivity index (χ2v) is 9.58. The van der Waals surface area contributed by atoms with Gasteiger partial charge in [0, 0.05) is 55.4 Å². The summed E-state index contributed by atoms with van der Waals surface area (Å²) in [5.74, 6) is -0.510. The molecule has 1 aromatic heterocycles. The molecule has 0 bridgehead atoms. The van der Waals surface area contributed by atoms with Gasteiger partial charge in [-0.3, -0.25) is 4.90 Å². The van der Waals surface area contributed by atoms with Gasteiger partial charge in [-0.25, -0.2) is 14.6 Å². The number of likely N-dealkylation sites (N-methyl/N-ethyl adjacent to an activating group) is 1. The highest BCUT2D eigenvalue weighted by atomic mass is 16.5. The Morgan fingerprint density at radius 3 is 2.31 bits per heavy atom. The van der Waals surface area contributed by atoms with Crippen molar-refractivity contribution in [1.82, 2.24) is 14.8 Å². The van der Waals surface area contributed by atoms with Gasteiger partial charge in [-0.15, -0.1) is 0 Å². The van der Waals surface area contributed by atoms with Crippen LogP contribution in [0.3, 0.4) is 0 Å². The second-order valence-electron chi connectivity index (χ2n) is 9.58. The van der Waals surface area contributed by atoms with E-state index in [0.29, 0.717) is 41.1 Å². The van der Waals surface area contributed by atoms with Crippen LogP contribution in [0.15, 0.2) is 77.8 Å². The van der Waals surface area contributed by atoms with Crippen molar-refractivity contribution in [2.24, 2.45) is 4.99 Å². The number of urea groups is 1. The van der Waals surface area contributed by atoms with Gasteiger partial charge in [0.2, 0.25) is 0 Å². The third kappa shape index (κ3) is 5.35. The van der Waals surface area contributed by atoms with Crippen LogP contribution in [0.2, 0.25) is 0 Å². The highest BCUT2D eigenvalue weighted by Gasteiger charge is 2.23. The minimum atomic E-state index is -0.458. The Kier molecular flexibility index (Phi) is 7.33. The van der Waals surface area contributed by atoms with Crippen LogP contribution in [-0.2, 0) is 4.74 Å². The number of amides is 2. The minimum absolute atomic E-state index is 0.0284. The number of nitrogens with zero attached hydrogens (tertiary/aromatic N) is 4. The molecule has 2 amide bonds. The highest BCUT2D eigenvalue weighted by Crippen LogP contribution is 2.32. The Bertz CT molecular complexity index is 1520. The molecule has 0 radical (unpaired) electrons. The van der Waals surface area contributed by atoms with Crippen molar-refractivity contribution < 1.29 is 19.4 Å². The molecule has 0 aliphatic carbocycles. The van der Waals surface area contributed by atoms with Crippen LogP contribution < -0.4 is 4.90 Å². The zero-order chi connectivity index (χ0) is 27.5. The molecule has 2 heterocycles. The molecule has 200 valence electrons. The summed E-state index contributed by atoms with van der Waals surface area (Å²) >= 11 is 0. The Balaban J connectivity index is 1.49. The first-order valence-electron chi connectivity index (χ1n) is 12.7. The molecule has 1 aliphatic rings. The maximum absolute atomic E-state index is 13.0. The maximum atomic E-state index is 13.0. The van der Waals surface area contributed by atoms with Crippen LogP contribution in [0, 0.1) is 0 Å². The number of methoxy groups -OCH3 is 1. The molecule has 39 heavy (non-hydrogen) atoms. The van der Waals surface area contributed by atoms with E-state index in [1.807, 2.05) is 59.5 Å². The quantitative estimate of drug-likeness (QED) is 0.292. The number of carbonyl (C=O) groups excluding carboxylic acids is 2. The molecule has 2 N–H and O–H groups in total. The lowest BCUT2D eigenvalue weighted by molar-refractivity contribution is 0.0601. The first-order chi connectivity index (χ1) is 18.9. The van der Waals surface area contributed by atoms with Crippen molar-refractivity contribution in [3.63, 3.8) is 0 Å². The summed E-state index contributed by atoms with van der Waals surface area (Å²) < 4.78 is 4.83. The monoisotopic (exact) mass is 525 g/mol.